The molecule has 0 bridgehead atoms. The number of nitrogens with one attached hydrogen (secondary N) is 1. The Balaban J connectivity index is 1.90. The molecule has 1 aliphatic rings. The number of hydrogen-bond acceptors (Lipinski definition) is 5. The van der Waals surface area contributed by atoms with E-state index < -0.39 is 21.7 Å². The van der Waals surface area contributed by atoms with Gasteiger partial charge >= 0.3 is 0 Å². The van der Waals surface area contributed by atoms with Crippen molar-refractivity contribution in [2.75, 3.05) is 17.8 Å². The van der Waals surface area contributed by atoms with Gasteiger partial charge in [-0.05, 0) is 16.2 Å². The molecule has 25 heavy (non-hydrogen) atoms. The van der Waals surface area contributed by atoms with Gasteiger partial charge in [-0.15, -0.1) is 0 Å². The molecule has 0 saturated heterocycles. The number of carbonyl (C=O) groups excluding carboxylic acids is 1. The quantitative estimate of drug-likeness (QED) is 0.424. The predicted octanol–water partition coefficient (Wildman–Crippen LogP) is 2.67. The Bertz CT molecular complexity index is 1110. The van der Waals surface area contributed by atoms with Gasteiger partial charge in [-0.1, -0.05) is 48.5 Å². The van der Waals surface area contributed by atoms with Crippen LogP contribution >= 0.6 is 0 Å². The third kappa shape index (κ3) is 2.57. The summed E-state index contributed by atoms with van der Waals surface area (Å²) in [4.78, 5) is 11.7. The van der Waals surface area contributed by atoms with E-state index in [1.54, 1.807) is 6.07 Å². The lowest BCUT2D eigenvalue weighted by Gasteiger charge is -2.22. The summed E-state index contributed by atoms with van der Waals surface area (Å²) in [7, 11) is -4.34. The SMILES string of the molecule is O=CC1(OCS(=O)(=O)O)CNc2c1ccc1c2ccc2ccccc21. The van der Waals surface area contributed by atoms with Crippen molar-refractivity contribution in [3.05, 3.63) is 54.1 Å². The van der Waals surface area contributed by atoms with Crippen molar-refractivity contribution in [3.63, 3.8) is 0 Å². The molecule has 1 unspecified atom stereocenters. The molecule has 0 aromatic heterocycles. The lowest BCUT2D eigenvalue weighted by atomic mass is 9.93. The molecule has 1 heterocycles. The van der Waals surface area contributed by atoms with Crippen molar-refractivity contribution >= 4 is 43.6 Å². The monoisotopic (exact) mass is 357 g/mol. The van der Waals surface area contributed by atoms with Crippen LogP contribution in [-0.4, -0.2) is 31.7 Å². The Hall–Kier alpha value is -2.48. The van der Waals surface area contributed by atoms with E-state index in [-0.39, 0.29) is 6.54 Å². The van der Waals surface area contributed by atoms with Crippen molar-refractivity contribution in [1.82, 2.24) is 0 Å². The maximum absolute atomic E-state index is 11.7. The molecule has 6 nitrogen and oxygen atoms in total. The third-order valence-corrected chi connectivity index (χ3v) is 4.98. The van der Waals surface area contributed by atoms with E-state index in [1.165, 1.54) is 0 Å². The average molecular weight is 357 g/mol. The highest BCUT2D eigenvalue weighted by molar-refractivity contribution is 7.85. The minimum absolute atomic E-state index is 0.104. The molecule has 0 amide bonds. The Morgan fingerprint density at radius 2 is 1.84 bits per heavy atom. The number of hydrogen-bond donors (Lipinski definition) is 2. The summed E-state index contributed by atoms with van der Waals surface area (Å²) in [6.07, 6.45) is 0.573. The van der Waals surface area contributed by atoms with E-state index in [9.17, 15) is 13.2 Å². The van der Waals surface area contributed by atoms with Gasteiger partial charge in [0.05, 0.1) is 6.54 Å². The topological polar surface area (TPSA) is 92.7 Å². The minimum atomic E-state index is -4.34. The van der Waals surface area contributed by atoms with Gasteiger partial charge in [-0.3, -0.25) is 9.35 Å². The Labute approximate surface area is 144 Å². The first-order valence-corrected chi connectivity index (χ1v) is 9.29. The van der Waals surface area contributed by atoms with Crippen LogP contribution < -0.4 is 5.32 Å². The minimum Gasteiger partial charge on any atom is -0.380 e. The van der Waals surface area contributed by atoms with Crippen LogP contribution in [0, 0.1) is 0 Å². The van der Waals surface area contributed by atoms with Gasteiger partial charge in [0, 0.05) is 16.6 Å². The maximum atomic E-state index is 11.7. The van der Waals surface area contributed by atoms with Crippen LogP contribution in [0.2, 0.25) is 0 Å². The maximum Gasteiger partial charge on any atom is 0.289 e. The van der Waals surface area contributed by atoms with Crippen molar-refractivity contribution < 1.29 is 22.5 Å². The zero-order valence-electron chi connectivity index (χ0n) is 13.1. The van der Waals surface area contributed by atoms with E-state index in [1.807, 2.05) is 42.5 Å². The van der Waals surface area contributed by atoms with Crippen LogP contribution in [-0.2, 0) is 25.3 Å². The Kier molecular flexibility index (Phi) is 3.54. The van der Waals surface area contributed by atoms with E-state index >= 15 is 0 Å². The van der Waals surface area contributed by atoms with E-state index in [0.29, 0.717) is 11.8 Å². The molecular formula is C18H15NO5S. The molecule has 7 heteroatoms. The number of anilines is 1. The highest BCUT2D eigenvalue weighted by Gasteiger charge is 2.41. The van der Waals surface area contributed by atoms with Crippen molar-refractivity contribution in [1.29, 1.82) is 0 Å². The summed E-state index contributed by atoms with van der Waals surface area (Å²) in [6, 6.07) is 15.6. The van der Waals surface area contributed by atoms with Crippen molar-refractivity contribution in [3.8, 4) is 0 Å². The van der Waals surface area contributed by atoms with Gasteiger partial charge in [0.1, 0.15) is 0 Å². The lowest BCUT2D eigenvalue weighted by Crippen LogP contribution is -2.35. The fourth-order valence-electron chi connectivity index (χ4n) is 3.39. The molecule has 1 aliphatic heterocycles. The molecule has 0 saturated carbocycles. The number of aldehydes is 1. The Morgan fingerprint density at radius 1 is 1.08 bits per heavy atom. The summed E-state index contributed by atoms with van der Waals surface area (Å²) in [5.74, 6) is -0.942. The van der Waals surface area contributed by atoms with Crippen LogP contribution in [0.25, 0.3) is 21.5 Å². The summed E-state index contributed by atoms with van der Waals surface area (Å²) in [5, 5.41) is 7.31. The molecule has 0 aliphatic carbocycles. The van der Waals surface area contributed by atoms with Crippen molar-refractivity contribution in [2.45, 2.75) is 5.60 Å². The predicted molar refractivity (Wildman–Crippen MR) is 95.2 cm³/mol. The van der Waals surface area contributed by atoms with Crippen LogP contribution in [0.3, 0.4) is 0 Å². The normalized spacial score (nSPS) is 19.7. The number of ether oxygens (including phenoxy) is 1. The second-order valence-electron chi connectivity index (χ2n) is 6.07. The molecule has 1 atom stereocenters. The summed E-state index contributed by atoms with van der Waals surface area (Å²) in [6.45, 7) is 0.104. The van der Waals surface area contributed by atoms with Gasteiger partial charge in [0.25, 0.3) is 10.1 Å². The van der Waals surface area contributed by atoms with Gasteiger partial charge < -0.3 is 10.1 Å². The van der Waals surface area contributed by atoms with Crippen LogP contribution in [0.5, 0.6) is 0 Å². The number of rotatable bonds is 4. The molecule has 0 fully saturated rings. The Morgan fingerprint density at radius 3 is 2.60 bits per heavy atom. The summed E-state index contributed by atoms with van der Waals surface area (Å²) >= 11 is 0. The lowest BCUT2D eigenvalue weighted by molar-refractivity contribution is -0.127. The molecule has 2 N–H and O–H groups in total. The van der Waals surface area contributed by atoms with E-state index in [2.05, 4.69) is 5.32 Å². The first-order valence-electron chi connectivity index (χ1n) is 7.68. The zero-order valence-corrected chi connectivity index (χ0v) is 13.9. The van der Waals surface area contributed by atoms with Crippen LogP contribution in [0.4, 0.5) is 5.69 Å². The second kappa shape index (κ2) is 5.52. The van der Waals surface area contributed by atoms with E-state index in [4.69, 9.17) is 9.29 Å². The zero-order chi connectivity index (χ0) is 17.7. The fourth-order valence-corrected chi connectivity index (χ4v) is 3.75. The smallest absolute Gasteiger partial charge is 0.289 e. The first kappa shape index (κ1) is 16.0. The number of benzene rings is 3. The van der Waals surface area contributed by atoms with Gasteiger partial charge in [-0.2, -0.15) is 8.42 Å². The molecule has 4 rings (SSSR count). The highest BCUT2D eigenvalue weighted by atomic mass is 32.2. The molecule has 0 spiro atoms. The van der Waals surface area contributed by atoms with Gasteiger partial charge in [0.2, 0.25) is 0 Å². The average Bonchev–Trinajstić information content (AvgIpc) is 2.99. The standard InChI is InChI=1S/C18H15NO5S/c20-10-18(24-11-25(21,22)23)9-19-17-15-6-5-12-3-1-2-4-13(12)14(15)7-8-16(17)18/h1-8,10,19H,9,11H2,(H,21,22,23). The molecule has 3 aromatic carbocycles. The fraction of sp³-hybridized carbons (Fsp3) is 0.167. The largest absolute Gasteiger partial charge is 0.380 e. The van der Waals surface area contributed by atoms with Gasteiger partial charge in [0.15, 0.2) is 17.8 Å². The second-order valence-corrected chi connectivity index (χ2v) is 7.47. The molecular weight excluding hydrogens is 342 g/mol. The highest BCUT2D eigenvalue weighted by Crippen LogP contribution is 2.42. The summed E-state index contributed by atoms with van der Waals surface area (Å²) < 4.78 is 36.3. The molecule has 128 valence electrons. The third-order valence-electron chi connectivity index (χ3n) is 4.57. The van der Waals surface area contributed by atoms with Gasteiger partial charge in [-0.25, -0.2) is 0 Å². The molecule has 3 aromatic rings. The molecule has 0 radical (unpaired) electrons. The number of fused-ring (bicyclic) bond motifs is 5. The summed E-state index contributed by atoms with van der Waals surface area (Å²) in [5.41, 5.74) is -0.134. The van der Waals surface area contributed by atoms with Crippen LogP contribution in [0.1, 0.15) is 5.56 Å². The first-order chi connectivity index (χ1) is 11.9. The van der Waals surface area contributed by atoms with Crippen molar-refractivity contribution in [2.24, 2.45) is 0 Å². The van der Waals surface area contributed by atoms with E-state index in [0.717, 1.165) is 27.2 Å². The van der Waals surface area contributed by atoms with Crippen LogP contribution in [0.15, 0.2) is 48.5 Å². The number of carbonyl (C=O) groups is 1.